The molecule has 2 aromatic rings. The van der Waals surface area contributed by atoms with Gasteiger partial charge in [0.05, 0.1) is 10.6 Å². The summed E-state index contributed by atoms with van der Waals surface area (Å²) in [6, 6.07) is 15.1. The summed E-state index contributed by atoms with van der Waals surface area (Å²) in [7, 11) is 0. The van der Waals surface area contributed by atoms with Gasteiger partial charge in [0.1, 0.15) is 0 Å². The van der Waals surface area contributed by atoms with E-state index < -0.39 is 0 Å². The topological polar surface area (TPSA) is 40.6 Å². The van der Waals surface area contributed by atoms with Gasteiger partial charge in [-0.3, -0.25) is 9.59 Å². The molecule has 6 heteroatoms. The second kappa shape index (κ2) is 7.53. The molecule has 1 aliphatic carbocycles. The van der Waals surface area contributed by atoms with Gasteiger partial charge in [-0.1, -0.05) is 53.5 Å². The van der Waals surface area contributed by atoms with Crippen LogP contribution in [0.15, 0.2) is 48.5 Å². The van der Waals surface area contributed by atoms with Crippen molar-refractivity contribution in [3.05, 3.63) is 69.7 Å². The summed E-state index contributed by atoms with van der Waals surface area (Å²) in [5, 5.41) is 0.879. The minimum absolute atomic E-state index is 0.0806. The molecule has 0 radical (unpaired) electrons. The van der Waals surface area contributed by atoms with E-state index in [0.29, 0.717) is 47.7 Å². The van der Waals surface area contributed by atoms with Crippen molar-refractivity contribution < 1.29 is 9.59 Å². The second-order valence-electron chi connectivity index (χ2n) is 7.10. The molecule has 1 aliphatic heterocycles. The molecule has 2 aliphatic rings. The lowest BCUT2D eigenvalue weighted by Gasteiger charge is -2.35. The first-order valence-electron chi connectivity index (χ1n) is 9.12. The molecule has 2 fully saturated rings. The molecular formula is C21H20Cl2N2O2. The number of hydrogen-bond donors (Lipinski definition) is 0. The van der Waals surface area contributed by atoms with Crippen LogP contribution in [0.1, 0.15) is 28.3 Å². The van der Waals surface area contributed by atoms with E-state index in [4.69, 9.17) is 23.2 Å². The summed E-state index contributed by atoms with van der Waals surface area (Å²) in [4.78, 5) is 29.1. The molecule has 0 aromatic heterocycles. The summed E-state index contributed by atoms with van der Waals surface area (Å²) < 4.78 is 0. The van der Waals surface area contributed by atoms with Gasteiger partial charge >= 0.3 is 0 Å². The molecular weight excluding hydrogens is 383 g/mol. The number of rotatable bonds is 3. The number of carbonyl (C=O) groups is 2. The molecule has 0 spiro atoms. The van der Waals surface area contributed by atoms with E-state index in [9.17, 15) is 9.59 Å². The predicted molar refractivity (Wildman–Crippen MR) is 106 cm³/mol. The average molecular weight is 403 g/mol. The molecule has 27 heavy (non-hydrogen) atoms. The zero-order valence-electron chi connectivity index (χ0n) is 14.8. The fraction of sp³-hybridized carbons (Fsp3) is 0.333. The first kappa shape index (κ1) is 18.3. The van der Waals surface area contributed by atoms with Gasteiger partial charge in [0, 0.05) is 37.1 Å². The van der Waals surface area contributed by atoms with Crippen molar-refractivity contribution in [2.24, 2.45) is 5.92 Å². The smallest absolute Gasteiger partial charge is 0.255 e. The number of halogens is 2. The Morgan fingerprint density at radius 1 is 0.889 bits per heavy atom. The summed E-state index contributed by atoms with van der Waals surface area (Å²) in [6.07, 6.45) is 0.917. The molecule has 0 N–H and O–H groups in total. The Balaban J connectivity index is 1.35. The van der Waals surface area contributed by atoms with E-state index in [-0.39, 0.29) is 17.7 Å². The first-order chi connectivity index (χ1) is 13.0. The number of amides is 2. The van der Waals surface area contributed by atoms with Gasteiger partial charge in [0.25, 0.3) is 5.91 Å². The highest BCUT2D eigenvalue weighted by Gasteiger charge is 2.46. The van der Waals surface area contributed by atoms with Gasteiger partial charge in [-0.05, 0) is 36.1 Å². The second-order valence-corrected chi connectivity index (χ2v) is 7.94. The van der Waals surface area contributed by atoms with E-state index in [1.165, 1.54) is 5.56 Å². The van der Waals surface area contributed by atoms with Crippen LogP contribution in [-0.2, 0) is 4.79 Å². The van der Waals surface area contributed by atoms with Gasteiger partial charge in [0.2, 0.25) is 5.91 Å². The normalized spacial score (nSPS) is 21.9. The SMILES string of the molecule is O=C(c1cc(Cl)ccc1Cl)N1CCN(C(=O)C2CC2c2ccccc2)CC1. The Morgan fingerprint density at radius 2 is 1.56 bits per heavy atom. The maximum absolute atomic E-state index is 12.8. The zero-order valence-corrected chi connectivity index (χ0v) is 16.3. The van der Waals surface area contributed by atoms with Crippen molar-refractivity contribution in [2.45, 2.75) is 12.3 Å². The van der Waals surface area contributed by atoms with E-state index in [0.717, 1.165) is 6.42 Å². The number of carbonyl (C=O) groups excluding carboxylic acids is 2. The van der Waals surface area contributed by atoms with Crippen LogP contribution in [0.3, 0.4) is 0 Å². The van der Waals surface area contributed by atoms with E-state index in [2.05, 4.69) is 12.1 Å². The summed E-state index contributed by atoms with van der Waals surface area (Å²) in [5.74, 6) is 0.487. The maximum Gasteiger partial charge on any atom is 0.255 e. The van der Waals surface area contributed by atoms with Crippen molar-refractivity contribution in [3.63, 3.8) is 0 Å². The molecule has 4 nitrogen and oxygen atoms in total. The van der Waals surface area contributed by atoms with Gasteiger partial charge < -0.3 is 9.80 Å². The molecule has 2 aromatic carbocycles. The fourth-order valence-corrected chi connectivity index (χ4v) is 4.10. The third kappa shape index (κ3) is 3.83. The zero-order chi connectivity index (χ0) is 19.0. The Labute approximate surface area is 168 Å². The van der Waals surface area contributed by atoms with Crippen molar-refractivity contribution in [3.8, 4) is 0 Å². The summed E-state index contributed by atoms with van der Waals surface area (Å²) in [5.41, 5.74) is 1.65. The highest BCUT2D eigenvalue weighted by atomic mass is 35.5. The predicted octanol–water partition coefficient (Wildman–Crippen LogP) is 4.08. The van der Waals surface area contributed by atoms with Crippen molar-refractivity contribution in [2.75, 3.05) is 26.2 Å². The van der Waals surface area contributed by atoms with Gasteiger partial charge in [-0.15, -0.1) is 0 Å². The molecule has 2 unspecified atom stereocenters. The third-order valence-corrected chi connectivity index (χ3v) is 5.94. The van der Waals surface area contributed by atoms with Crippen LogP contribution in [-0.4, -0.2) is 47.8 Å². The van der Waals surface area contributed by atoms with E-state index in [1.807, 2.05) is 23.1 Å². The molecule has 2 amide bonds. The number of hydrogen-bond acceptors (Lipinski definition) is 2. The standard InChI is InChI=1S/C21H20Cl2N2O2/c22-15-6-7-19(23)18(12-15)21(27)25-10-8-24(9-11-25)20(26)17-13-16(17)14-4-2-1-3-5-14/h1-7,12,16-17H,8-11,13H2. The number of nitrogens with zero attached hydrogens (tertiary/aromatic N) is 2. The summed E-state index contributed by atoms with van der Waals surface area (Å²) >= 11 is 12.1. The highest BCUT2D eigenvalue weighted by molar-refractivity contribution is 6.35. The molecule has 1 saturated carbocycles. The van der Waals surface area contributed by atoms with E-state index in [1.54, 1.807) is 23.1 Å². The van der Waals surface area contributed by atoms with Crippen LogP contribution >= 0.6 is 23.2 Å². The number of benzene rings is 2. The van der Waals surface area contributed by atoms with Crippen LogP contribution < -0.4 is 0 Å². The minimum Gasteiger partial charge on any atom is -0.339 e. The van der Waals surface area contributed by atoms with Crippen LogP contribution in [0.2, 0.25) is 10.0 Å². The number of piperazine rings is 1. The van der Waals surface area contributed by atoms with Crippen LogP contribution in [0.25, 0.3) is 0 Å². The van der Waals surface area contributed by atoms with Crippen molar-refractivity contribution >= 4 is 35.0 Å². The van der Waals surface area contributed by atoms with Crippen LogP contribution in [0, 0.1) is 5.92 Å². The fourth-order valence-electron chi connectivity index (χ4n) is 3.73. The van der Waals surface area contributed by atoms with Crippen LogP contribution in [0.4, 0.5) is 0 Å². The minimum atomic E-state index is -0.136. The van der Waals surface area contributed by atoms with Gasteiger partial charge in [-0.25, -0.2) is 0 Å². The first-order valence-corrected chi connectivity index (χ1v) is 9.88. The van der Waals surface area contributed by atoms with Crippen molar-refractivity contribution in [1.29, 1.82) is 0 Å². The van der Waals surface area contributed by atoms with Crippen molar-refractivity contribution in [1.82, 2.24) is 9.80 Å². The lowest BCUT2D eigenvalue weighted by atomic mass is 10.1. The third-order valence-electron chi connectivity index (χ3n) is 5.37. The highest BCUT2D eigenvalue weighted by Crippen LogP contribution is 2.48. The largest absolute Gasteiger partial charge is 0.339 e. The van der Waals surface area contributed by atoms with Crippen LogP contribution in [0.5, 0.6) is 0 Å². The van der Waals surface area contributed by atoms with E-state index >= 15 is 0 Å². The Morgan fingerprint density at radius 3 is 2.26 bits per heavy atom. The molecule has 4 rings (SSSR count). The Kier molecular flexibility index (Phi) is 5.11. The lowest BCUT2D eigenvalue weighted by Crippen LogP contribution is -2.51. The quantitative estimate of drug-likeness (QED) is 0.775. The molecule has 140 valence electrons. The molecule has 1 saturated heterocycles. The lowest BCUT2D eigenvalue weighted by molar-refractivity contribution is -0.134. The Hall–Kier alpha value is -2.04. The van der Waals surface area contributed by atoms with Gasteiger partial charge in [0.15, 0.2) is 0 Å². The molecule has 0 bridgehead atoms. The average Bonchev–Trinajstić information content (AvgIpc) is 3.50. The maximum atomic E-state index is 12.8. The summed E-state index contributed by atoms with van der Waals surface area (Å²) in [6.45, 7) is 2.13. The Bertz CT molecular complexity index is 864. The van der Waals surface area contributed by atoms with Gasteiger partial charge in [-0.2, -0.15) is 0 Å². The molecule has 2 atom stereocenters. The monoisotopic (exact) mass is 402 g/mol. The molecule has 1 heterocycles.